The second-order valence-corrected chi connectivity index (χ2v) is 4.92. The lowest BCUT2D eigenvalue weighted by molar-refractivity contribution is 0.279. The summed E-state index contributed by atoms with van der Waals surface area (Å²) in [7, 11) is 0. The fraction of sp³-hybridized carbons (Fsp3) is 0.235. The number of hydrogen-bond donors (Lipinski definition) is 1. The molecular formula is C17H16FNO2. The molecule has 0 aliphatic carbocycles. The van der Waals surface area contributed by atoms with E-state index in [0.29, 0.717) is 11.3 Å². The fourth-order valence-electron chi connectivity index (χ4n) is 2.24. The van der Waals surface area contributed by atoms with Crippen molar-refractivity contribution in [3.63, 3.8) is 0 Å². The zero-order chi connectivity index (χ0) is 15.4. The van der Waals surface area contributed by atoms with E-state index in [0.717, 1.165) is 16.7 Å². The first-order valence-corrected chi connectivity index (χ1v) is 6.57. The van der Waals surface area contributed by atoms with E-state index in [1.807, 2.05) is 32.0 Å². The van der Waals surface area contributed by atoms with E-state index in [2.05, 4.69) is 0 Å². The van der Waals surface area contributed by atoms with Gasteiger partial charge in [0, 0.05) is 5.56 Å². The van der Waals surface area contributed by atoms with Gasteiger partial charge in [0.1, 0.15) is 18.2 Å². The van der Waals surface area contributed by atoms with E-state index < -0.39 is 5.82 Å². The predicted octanol–water partition coefficient (Wildman–Crippen LogP) is 3.39. The third-order valence-electron chi connectivity index (χ3n) is 3.26. The van der Waals surface area contributed by atoms with Crippen LogP contribution in [-0.4, -0.2) is 5.11 Å². The minimum absolute atomic E-state index is 0.0216. The topological polar surface area (TPSA) is 53.2 Å². The summed E-state index contributed by atoms with van der Waals surface area (Å²) in [4.78, 5) is 0. The molecule has 0 atom stereocenters. The van der Waals surface area contributed by atoms with E-state index in [1.54, 1.807) is 12.1 Å². The molecule has 2 rings (SSSR count). The van der Waals surface area contributed by atoms with Crippen molar-refractivity contribution >= 4 is 0 Å². The molecule has 108 valence electrons. The number of hydrogen-bond acceptors (Lipinski definition) is 3. The highest BCUT2D eigenvalue weighted by Crippen LogP contribution is 2.26. The van der Waals surface area contributed by atoms with Gasteiger partial charge in [0.2, 0.25) is 0 Å². The third kappa shape index (κ3) is 3.39. The van der Waals surface area contributed by atoms with Gasteiger partial charge in [-0.1, -0.05) is 18.2 Å². The zero-order valence-corrected chi connectivity index (χ0v) is 12.0. The van der Waals surface area contributed by atoms with E-state index in [1.165, 1.54) is 6.07 Å². The molecule has 0 bridgehead atoms. The Morgan fingerprint density at radius 1 is 1.19 bits per heavy atom. The third-order valence-corrected chi connectivity index (χ3v) is 3.26. The van der Waals surface area contributed by atoms with Gasteiger partial charge in [-0.3, -0.25) is 0 Å². The number of aryl methyl sites for hydroxylation is 2. The van der Waals surface area contributed by atoms with Gasteiger partial charge in [0.05, 0.1) is 18.2 Å². The molecule has 0 fully saturated rings. The molecule has 2 aromatic carbocycles. The molecule has 0 radical (unpaired) electrons. The average Bonchev–Trinajstić information content (AvgIpc) is 2.47. The van der Waals surface area contributed by atoms with Gasteiger partial charge >= 0.3 is 0 Å². The lowest BCUT2D eigenvalue weighted by Crippen LogP contribution is -2.02. The van der Waals surface area contributed by atoms with Gasteiger partial charge in [-0.15, -0.1) is 0 Å². The lowest BCUT2D eigenvalue weighted by Gasteiger charge is -2.14. The molecule has 1 N–H and O–H groups in total. The molecule has 2 aromatic rings. The average molecular weight is 285 g/mol. The van der Waals surface area contributed by atoms with Crippen LogP contribution >= 0.6 is 0 Å². The van der Waals surface area contributed by atoms with Gasteiger partial charge in [0.25, 0.3) is 0 Å². The van der Waals surface area contributed by atoms with Crippen LogP contribution in [0, 0.1) is 31.0 Å². The SMILES string of the molecule is Cc1cc(CO)cc(C)c1OCc1ccc(C#N)cc1F. The number of ether oxygens (including phenoxy) is 1. The van der Waals surface area contributed by atoms with Crippen LogP contribution in [0.1, 0.15) is 27.8 Å². The number of nitriles is 1. The fourth-order valence-corrected chi connectivity index (χ4v) is 2.24. The minimum Gasteiger partial charge on any atom is -0.488 e. The maximum Gasteiger partial charge on any atom is 0.131 e. The largest absolute Gasteiger partial charge is 0.488 e. The number of benzene rings is 2. The van der Waals surface area contributed by atoms with Crippen molar-refractivity contribution in [1.82, 2.24) is 0 Å². The summed E-state index contributed by atoms with van der Waals surface area (Å²) in [5.41, 5.74) is 3.30. The summed E-state index contributed by atoms with van der Waals surface area (Å²) in [5.74, 6) is 0.243. The van der Waals surface area contributed by atoms with Crippen molar-refractivity contribution in [2.75, 3.05) is 0 Å². The summed E-state index contributed by atoms with van der Waals surface area (Å²) in [6.45, 7) is 3.84. The quantitative estimate of drug-likeness (QED) is 0.936. The number of aliphatic hydroxyl groups is 1. The maximum absolute atomic E-state index is 13.8. The summed E-state index contributed by atoms with van der Waals surface area (Å²) in [5, 5.41) is 17.9. The number of rotatable bonds is 4. The van der Waals surface area contributed by atoms with Crippen molar-refractivity contribution in [1.29, 1.82) is 5.26 Å². The Morgan fingerprint density at radius 2 is 1.86 bits per heavy atom. The summed E-state index contributed by atoms with van der Waals surface area (Å²) in [6.07, 6.45) is 0. The standard InChI is InChI=1S/C17H16FNO2/c1-11-5-14(9-20)6-12(2)17(11)21-10-15-4-3-13(8-19)7-16(15)18/h3-7,20H,9-10H2,1-2H3. The Balaban J connectivity index is 2.19. The molecule has 0 aliphatic heterocycles. The smallest absolute Gasteiger partial charge is 0.131 e. The van der Waals surface area contributed by atoms with Crippen LogP contribution in [0.2, 0.25) is 0 Å². The van der Waals surface area contributed by atoms with E-state index in [9.17, 15) is 4.39 Å². The first-order valence-electron chi connectivity index (χ1n) is 6.57. The van der Waals surface area contributed by atoms with Crippen LogP contribution in [0.15, 0.2) is 30.3 Å². The second kappa shape index (κ2) is 6.38. The molecule has 4 heteroatoms. The van der Waals surface area contributed by atoms with Crippen molar-refractivity contribution < 1.29 is 14.2 Å². The highest BCUT2D eigenvalue weighted by atomic mass is 19.1. The normalized spacial score (nSPS) is 10.2. The van der Waals surface area contributed by atoms with Gasteiger partial charge in [-0.25, -0.2) is 4.39 Å². The molecular weight excluding hydrogens is 269 g/mol. The summed E-state index contributed by atoms with van der Waals surface area (Å²) >= 11 is 0. The Labute approximate surface area is 123 Å². The highest BCUT2D eigenvalue weighted by Gasteiger charge is 2.09. The molecule has 21 heavy (non-hydrogen) atoms. The molecule has 0 amide bonds. The monoisotopic (exact) mass is 285 g/mol. The van der Waals surface area contributed by atoms with Crippen molar-refractivity contribution in [2.45, 2.75) is 27.1 Å². The van der Waals surface area contributed by atoms with E-state index in [-0.39, 0.29) is 18.8 Å². The lowest BCUT2D eigenvalue weighted by atomic mass is 10.1. The van der Waals surface area contributed by atoms with Crippen LogP contribution in [-0.2, 0) is 13.2 Å². The Bertz CT molecular complexity index is 681. The summed E-state index contributed by atoms with van der Waals surface area (Å²) < 4.78 is 19.5. The maximum atomic E-state index is 13.8. The van der Waals surface area contributed by atoms with Crippen LogP contribution in [0.3, 0.4) is 0 Å². The molecule has 0 aliphatic rings. The number of halogens is 1. The first-order chi connectivity index (χ1) is 10.0. The molecule has 0 spiro atoms. The molecule has 0 saturated carbocycles. The minimum atomic E-state index is -0.448. The second-order valence-electron chi connectivity index (χ2n) is 4.92. The molecule has 0 unspecified atom stereocenters. The van der Waals surface area contributed by atoms with Crippen LogP contribution < -0.4 is 4.74 Å². The molecule has 0 heterocycles. The number of nitrogens with zero attached hydrogens (tertiary/aromatic N) is 1. The van der Waals surface area contributed by atoms with Gasteiger partial charge in [-0.2, -0.15) is 5.26 Å². The molecule has 3 nitrogen and oxygen atoms in total. The van der Waals surface area contributed by atoms with Gasteiger partial charge < -0.3 is 9.84 Å². The highest BCUT2D eigenvalue weighted by molar-refractivity contribution is 5.43. The molecule has 0 aromatic heterocycles. The van der Waals surface area contributed by atoms with Crippen molar-refractivity contribution in [2.24, 2.45) is 0 Å². The van der Waals surface area contributed by atoms with Crippen molar-refractivity contribution in [3.8, 4) is 11.8 Å². The predicted molar refractivity (Wildman–Crippen MR) is 77.3 cm³/mol. The van der Waals surface area contributed by atoms with Crippen LogP contribution in [0.25, 0.3) is 0 Å². The Hall–Kier alpha value is -2.38. The van der Waals surface area contributed by atoms with Crippen LogP contribution in [0.5, 0.6) is 5.75 Å². The van der Waals surface area contributed by atoms with E-state index in [4.69, 9.17) is 15.1 Å². The van der Waals surface area contributed by atoms with E-state index >= 15 is 0 Å². The Kier molecular flexibility index (Phi) is 4.56. The van der Waals surface area contributed by atoms with Gasteiger partial charge in [0.15, 0.2) is 0 Å². The summed E-state index contributed by atoms with van der Waals surface area (Å²) in [6, 6.07) is 9.91. The first kappa shape index (κ1) is 15.0. The number of aliphatic hydroxyl groups excluding tert-OH is 1. The molecule has 0 saturated heterocycles. The van der Waals surface area contributed by atoms with Gasteiger partial charge in [-0.05, 0) is 42.7 Å². The zero-order valence-electron chi connectivity index (χ0n) is 12.0. The van der Waals surface area contributed by atoms with Crippen molar-refractivity contribution in [3.05, 3.63) is 64.0 Å². The Morgan fingerprint density at radius 3 is 2.38 bits per heavy atom. The van der Waals surface area contributed by atoms with Crippen LogP contribution in [0.4, 0.5) is 4.39 Å².